The van der Waals surface area contributed by atoms with Crippen molar-refractivity contribution in [3.8, 4) is 0 Å². The van der Waals surface area contributed by atoms with Gasteiger partial charge in [-0.05, 0) is 5.92 Å². The highest BCUT2D eigenvalue weighted by atomic mass is 79.9. The lowest BCUT2D eigenvalue weighted by Gasteiger charge is -2.28. The Morgan fingerprint density at radius 1 is 1.47 bits per heavy atom. The minimum Gasteiger partial charge on any atom is -0.378 e. The fourth-order valence-corrected chi connectivity index (χ4v) is 2.75. The van der Waals surface area contributed by atoms with E-state index in [9.17, 15) is 4.79 Å². The monoisotopic (exact) mass is 329 g/mol. The molecule has 0 aliphatic carbocycles. The van der Waals surface area contributed by atoms with Crippen LogP contribution in [0.4, 0.5) is 5.69 Å². The van der Waals surface area contributed by atoms with Crippen LogP contribution in [0.1, 0.15) is 13.3 Å². The second-order valence-electron chi connectivity index (χ2n) is 4.76. The Kier molecular flexibility index (Phi) is 5.39. The third-order valence-electron chi connectivity index (χ3n) is 3.46. The van der Waals surface area contributed by atoms with Crippen LogP contribution < -0.4 is 10.5 Å². The van der Waals surface area contributed by atoms with Crippen molar-refractivity contribution in [1.82, 2.24) is 9.78 Å². The summed E-state index contributed by atoms with van der Waals surface area (Å²) in [6, 6.07) is 1.68. The topological polar surface area (TPSA) is 47.4 Å². The summed E-state index contributed by atoms with van der Waals surface area (Å²) in [5.74, 6) is 0.444. The molecular weight excluding hydrogens is 310 g/mol. The SMILES string of the molecule is CCC(CBr)Cn1ncc(N2CCOCC2)cc1=O. The van der Waals surface area contributed by atoms with Crippen LogP contribution in [0, 0.1) is 5.92 Å². The standard InChI is InChI=1S/C13H20BrN3O2/c1-2-11(8-14)10-17-13(18)7-12(9-15-17)16-3-5-19-6-4-16/h7,9,11H,2-6,8,10H2,1H3. The summed E-state index contributed by atoms with van der Waals surface area (Å²) in [5.41, 5.74) is 0.875. The van der Waals surface area contributed by atoms with Crippen molar-refractivity contribution in [2.75, 3.05) is 36.5 Å². The molecule has 1 unspecified atom stereocenters. The molecule has 2 heterocycles. The van der Waals surface area contributed by atoms with E-state index in [2.05, 4.69) is 32.9 Å². The molecule has 1 aromatic heterocycles. The minimum atomic E-state index is -0.0246. The van der Waals surface area contributed by atoms with E-state index in [1.807, 2.05) is 0 Å². The van der Waals surface area contributed by atoms with E-state index < -0.39 is 0 Å². The summed E-state index contributed by atoms with van der Waals surface area (Å²) in [7, 11) is 0. The van der Waals surface area contributed by atoms with Gasteiger partial charge in [0.05, 0.1) is 25.1 Å². The van der Waals surface area contributed by atoms with Crippen LogP contribution in [-0.2, 0) is 11.3 Å². The van der Waals surface area contributed by atoms with Gasteiger partial charge in [-0.15, -0.1) is 0 Å². The van der Waals surface area contributed by atoms with Gasteiger partial charge in [0.1, 0.15) is 0 Å². The Balaban J connectivity index is 2.10. The van der Waals surface area contributed by atoms with Crippen LogP contribution in [0.5, 0.6) is 0 Å². The summed E-state index contributed by atoms with van der Waals surface area (Å²) in [6.45, 7) is 5.87. The van der Waals surface area contributed by atoms with Gasteiger partial charge in [-0.3, -0.25) is 4.79 Å². The van der Waals surface area contributed by atoms with Gasteiger partial charge in [-0.25, -0.2) is 4.68 Å². The number of morpholine rings is 1. The fourth-order valence-electron chi connectivity index (χ4n) is 2.09. The van der Waals surface area contributed by atoms with Gasteiger partial charge < -0.3 is 9.64 Å². The second-order valence-corrected chi connectivity index (χ2v) is 5.41. The van der Waals surface area contributed by atoms with Crippen molar-refractivity contribution in [3.05, 3.63) is 22.6 Å². The van der Waals surface area contributed by atoms with Crippen molar-refractivity contribution in [1.29, 1.82) is 0 Å². The predicted octanol–water partition coefficient (Wildman–Crippen LogP) is 1.50. The van der Waals surface area contributed by atoms with Crippen LogP contribution in [0.2, 0.25) is 0 Å². The van der Waals surface area contributed by atoms with Gasteiger partial charge in [0.25, 0.3) is 5.56 Å². The Morgan fingerprint density at radius 2 is 2.21 bits per heavy atom. The van der Waals surface area contributed by atoms with E-state index in [0.29, 0.717) is 25.7 Å². The number of hydrogen-bond acceptors (Lipinski definition) is 4. The van der Waals surface area contributed by atoms with E-state index in [4.69, 9.17) is 4.74 Å². The summed E-state index contributed by atoms with van der Waals surface area (Å²) < 4.78 is 6.86. The molecule has 0 amide bonds. The van der Waals surface area contributed by atoms with Gasteiger partial charge in [0.15, 0.2) is 0 Å². The molecular formula is C13H20BrN3O2. The zero-order valence-corrected chi connectivity index (χ0v) is 12.8. The molecule has 5 nitrogen and oxygen atoms in total. The van der Waals surface area contributed by atoms with Crippen LogP contribution >= 0.6 is 15.9 Å². The number of anilines is 1. The predicted molar refractivity (Wildman–Crippen MR) is 79.1 cm³/mol. The maximum Gasteiger partial charge on any atom is 0.268 e. The molecule has 0 saturated carbocycles. The highest BCUT2D eigenvalue weighted by Gasteiger charge is 2.13. The normalized spacial score (nSPS) is 17.5. The molecule has 0 spiro atoms. The smallest absolute Gasteiger partial charge is 0.268 e. The minimum absolute atomic E-state index is 0.0246. The number of aromatic nitrogens is 2. The molecule has 1 aliphatic heterocycles. The molecule has 0 aromatic carbocycles. The lowest BCUT2D eigenvalue weighted by molar-refractivity contribution is 0.122. The van der Waals surface area contributed by atoms with E-state index in [-0.39, 0.29) is 5.56 Å². The number of halogens is 1. The molecule has 2 rings (SSSR count). The lowest BCUT2D eigenvalue weighted by atomic mass is 10.1. The summed E-state index contributed by atoms with van der Waals surface area (Å²) >= 11 is 3.47. The largest absolute Gasteiger partial charge is 0.378 e. The first kappa shape index (κ1) is 14.5. The number of rotatable bonds is 5. The third-order valence-corrected chi connectivity index (χ3v) is 4.37. The molecule has 19 heavy (non-hydrogen) atoms. The van der Waals surface area contributed by atoms with Crippen molar-refractivity contribution in [2.45, 2.75) is 19.9 Å². The zero-order valence-electron chi connectivity index (χ0n) is 11.2. The summed E-state index contributed by atoms with van der Waals surface area (Å²) in [6.07, 6.45) is 2.82. The van der Waals surface area contributed by atoms with Gasteiger partial charge in [-0.2, -0.15) is 5.10 Å². The quantitative estimate of drug-likeness (QED) is 0.768. The number of nitrogens with zero attached hydrogens (tertiary/aromatic N) is 3. The lowest BCUT2D eigenvalue weighted by Crippen LogP contribution is -2.37. The van der Waals surface area contributed by atoms with E-state index >= 15 is 0 Å². The molecule has 1 atom stereocenters. The maximum absolute atomic E-state index is 12.1. The molecule has 1 aromatic rings. The molecule has 1 saturated heterocycles. The van der Waals surface area contributed by atoms with Crippen molar-refractivity contribution >= 4 is 21.6 Å². The molecule has 0 N–H and O–H groups in total. The molecule has 0 radical (unpaired) electrons. The van der Waals surface area contributed by atoms with Gasteiger partial charge in [0.2, 0.25) is 0 Å². The number of hydrogen-bond donors (Lipinski definition) is 0. The van der Waals surface area contributed by atoms with E-state index in [0.717, 1.165) is 30.5 Å². The van der Waals surface area contributed by atoms with Gasteiger partial charge >= 0.3 is 0 Å². The van der Waals surface area contributed by atoms with E-state index in [1.54, 1.807) is 16.9 Å². The zero-order chi connectivity index (χ0) is 13.7. The Morgan fingerprint density at radius 3 is 2.79 bits per heavy atom. The first-order valence-electron chi connectivity index (χ1n) is 6.70. The summed E-state index contributed by atoms with van der Waals surface area (Å²) in [5, 5.41) is 5.18. The first-order chi connectivity index (χ1) is 9.24. The van der Waals surface area contributed by atoms with Crippen LogP contribution in [0.3, 0.4) is 0 Å². The molecule has 6 heteroatoms. The Hall–Kier alpha value is -0.880. The Bertz CT molecular complexity index is 453. The van der Waals surface area contributed by atoms with Crippen molar-refractivity contribution in [3.63, 3.8) is 0 Å². The Labute approximate surface area is 121 Å². The van der Waals surface area contributed by atoms with Crippen molar-refractivity contribution in [2.24, 2.45) is 5.92 Å². The highest BCUT2D eigenvalue weighted by Crippen LogP contribution is 2.12. The van der Waals surface area contributed by atoms with Crippen LogP contribution in [-0.4, -0.2) is 41.4 Å². The van der Waals surface area contributed by atoms with E-state index in [1.165, 1.54) is 0 Å². The first-order valence-corrected chi connectivity index (χ1v) is 7.82. The summed E-state index contributed by atoms with van der Waals surface area (Å²) in [4.78, 5) is 14.2. The number of ether oxygens (including phenoxy) is 1. The highest BCUT2D eigenvalue weighted by molar-refractivity contribution is 9.09. The number of alkyl halides is 1. The van der Waals surface area contributed by atoms with Crippen molar-refractivity contribution < 1.29 is 4.74 Å². The second kappa shape index (κ2) is 7.05. The molecule has 1 fully saturated rings. The molecule has 1 aliphatic rings. The molecule has 0 bridgehead atoms. The molecule has 106 valence electrons. The fraction of sp³-hybridized carbons (Fsp3) is 0.692. The maximum atomic E-state index is 12.1. The average molecular weight is 330 g/mol. The third kappa shape index (κ3) is 3.79. The van der Waals surface area contributed by atoms with Crippen LogP contribution in [0.25, 0.3) is 0 Å². The average Bonchev–Trinajstić information content (AvgIpc) is 2.47. The van der Waals surface area contributed by atoms with Gasteiger partial charge in [-0.1, -0.05) is 29.3 Å². The van der Waals surface area contributed by atoms with Gasteiger partial charge in [0, 0.05) is 31.0 Å². The van der Waals surface area contributed by atoms with Crippen LogP contribution in [0.15, 0.2) is 17.1 Å².